The van der Waals surface area contributed by atoms with Crippen LogP contribution in [0.3, 0.4) is 0 Å². The third-order valence-electron chi connectivity index (χ3n) is 4.73. The number of nitrogens with zero attached hydrogens (tertiary/aromatic N) is 4. The van der Waals surface area contributed by atoms with E-state index in [0.29, 0.717) is 5.92 Å². The molecule has 3 heterocycles. The van der Waals surface area contributed by atoms with Crippen LogP contribution in [0.5, 0.6) is 0 Å². The van der Waals surface area contributed by atoms with Crippen molar-refractivity contribution in [3.8, 4) is 11.4 Å². The summed E-state index contributed by atoms with van der Waals surface area (Å²) < 4.78 is 2.02. The number of carbonyl (C=O) groups is 1. The van der Waals surface area contributed by atoms with Crippen LogP contribution in [-0.4, -0.2) is 38.7 Å². The van der Waals surface area contributed by atoms with Gasteiger partial charge in [0.25, 0.3) is 0 Å². The fourth-order valence-corrected chi connectivity index (χ4v) is 3.53. The van der Waals surface area contributed by atoms with Gasteiger partial charge in [-0.15, -0.1) is 0 Å². The summed E-state index contributed by atoms with van der Waals surface area (Å²) >= 11 is 0. The third-order valence-corrected chi connectivity index (χ3v) is 4.73. The molecule has 5 nitrogen and oxygen atoms in total. The van der Waals surface area contributed by atoms with E-state index in [0.717, 1.165) is 50.3 Å². The van der Waals surface area contributed by atoms with Gasteiger partial charge in [-0.05, 0) is 55.4 Å². The maximum atomic E-state index is 11.6. The Morgan fingerprint density at radius 2 is 2.21 bits per heavy atom. The average molecular weight is 326 g/mol. The standard InChI is InChI=1S/C19H26N4O/c1-3-10-23-19(7-9-21-23)18-13-16(6-8-20-18)12-17-5-4-11-22(14-17)15(2)24/h6-9,13,17H,3-5,10-12,14H2,1-2H3. The highest BCUT2D eigenvalue weighted by atomic mass is 16.2. The van der Waals surface area contributed by atoms with Gasteiger partial charge in [0.1, 0.15) is 0 Å². The Bertz CT molecular complexity index is 694. The minimum absolute atomic E-state index is 0.193. The van der Waals surface area contributed by atoms with Crippen molar-refractivity contribution in [1.29, 1.82) is 0 Å². The van der Waals surface area contributed by atoms with Crippen LogP contribution in [0.15, 0.2) is 30.6 Å². The van der Waals surface area contributed by atoms with Crippen LogP contribution < -0.4 is 0 Å². The largest absolute Gasteiger partial charge is 0.343 e. The molecule has 1 saturated heterocycles. The number of pyridine rings is 1. The smallest absolute Gasteiger partial charge is 0.219 e. The summed E-state index contributed by atoms with van der Waals surface area (Å²) in [4.78, 5) is 18.1. The Hall–Kier alpha value is -2.17. The first-order chi connectivity index (χ1) is 11.7. The molecule has 24 heavy (non-hydrogen) atoms. The quantitative estimate of drug-likeness (QED) is 0.848. The van der Waals surface area contributed by atoms with Crippen LogP contribution in [0.2, 0.25) is 0 Å². The second-order valence-electron chi connectivity index (χ2n) is 6.67. The van der Waals surface area contributed by atoms with E-state index < -0.39 is 0 Å². The van der Waals surface area contributed by atoms with E-state index in [1.165, 1.54) is 12.0 Å². The predicted molar refractivity (Wildman–Crippen MR) is 94.4 cm³/mol. The van der Waals surface area contributed by atoms with Gasteiger partial charge in [-0.25, -0.2) is 0 Å². The van der Waals surface area contributed by atoms with Crippen LogP contribution in [0.4, 0.5) is 0 Å². The molecule has 0 radical (unpaired) electrons. The van der Waals surface area contributed by atoms with Gasteiger partial charge in [0, 0.05) is 39.0 Å². The van der Waals surface area contributed by atoms with Crippen molar-refractivity contribution >= 4 is 5.91 Å². The lowest BCUT2D eigenvalue weighted by molar-refractivity contribution is -0.130. The van der Waals surface area contributed by atoms with Crippen LogP contribution in [-0.2, 0) is 17.8 Å². The highest BCUT2D eigenvalue weighted by Gasteiger charge is 2.22. The number of hydrogen-bond acceptors (Lipinski definition) is 3. The topological polar surface area (TPSA) is 51.0 Å². The minimum atomic E-state index is 0.193. The van der Waals surface area contributed by atoms with Gasteiger partial charge in [0.05, 0.1) is 11.4 Å². The zero-order chi connectivity index (χ0) is 16.9. The molecular formula is C19H26N4O. The first-order valence-corrected chi connectivity index (χ1v) is 8.90. The second-order valence-corrected chi connectivity index (χ2v) is 6.67. The summed E-state index contributed by atoms with van der Waals surface area (Å²) in [5.41, 5.74) is 3.35. The monoisotopic (exact) mass is 326 g/mol. The van der Waals surface area contributed by atoms with Gasteiger partial charge in [0.2, 0.25) is 5.91 Å². The van der Waals surface area contributed by atoms with Gasteiger partial charge >= 0.3 is 0 Å². The number of carbonyl (C=O) groups excluding carboxylic acids is 1. The molecule has 0 spiro atoms. The maximum Gasteiger partial charge on any atom is 0.219 e. The average Bonchev–Trinajstić information content (AvgIpc) is 3.04. The highest BCUT2D eigenvalue weighted by molar-refractivity contribution is 5.73. The molecule has 5 heteroatoms. The molecule has 1 unspecified atom stereocenters. The van der Waals surface area contributed by atoms with Crippen molar-refractivity contribution in [1.82, 2.24) is 19.7 Å². The maximum absolute atomic E-state index is 11.6. The molecule has 1 fully saturated rings. The normalized spacial score (nSPS) is 17.9. The molecule has 1 aliphatic heterocycles. The lowest BCUT2D eigenvalue weighted by Gasteiger charge is -2.32. The molecule has 1 amide bonds. The number of aryl methyl sites for hydroxylation is 1. The summed E-state index contributed by atoms with van der Waals surface area (Å²) in [6, 6.07) is 6.30. The predicted octanol–water partition coefficient (Wildman–Crippen LogP) is 3.16. The molecule has 0 aliphatic carbocycles. The molecule has 3 rings (SSSR count). The summed E-state index contributed by atoms with van der Waals surface area (Å²) in [7, 11) is 0. The van der Waals surface area contributed by atoms with Crippen LogP contribution >= 0.6 is 0 Å². The molecule has 0 bridgehead atoms. The third kappa shape index (κ3) is 3.83. The Morgan fingerprint density at radius 1 is 1.33 bits per heavy atom. The fourth-order valence-electron chi connectivity index (χ4n) is 3.53. The first-order valence-electron chi connectivity index (χ1n) is 8.90. The number of likely N-dealkylation sites (tertiary alicyclic amines) is 1. The lowest BCUT2D eigenvalue weighted by atomic mass is 9.91. The van der Waals surface area contributed by atoms with Gasteiger partial charge in [-0.2, -0.15) is 5.10 Å². The Morgan fingerprint density at radius 3 is 3.00 bits per heavy atom. The molecule has 2 aromatic rings. The molecule has 2 aromatic heterocycles. The molecule has 0 aromatic carbocycles. The highest BCUT2D eigenvalue weighted by Crippen LogP contribution is 2.23. The van der Waals surface area contributed by atoms with Gasteiger partial charge in [-0.3, -0.25) is 14.5 Å². The van der Waals surface area contributed by atoms with Crippen LogP contribution in [0, 0.1) is 5.92 Å². The van der Waals surface area contributed by atoms with Gasteiger partial charge < -0.3 is 4.90 Å². The van der Waals surface area contributed by atoms with E-state index in [9.17, 15) is 4.79 Å². The first kappa shape index (κ1) is 16.7. The van der Waals surface area contributed by atoms with Crippen LogP contribution in [0.1, 0.15) is 38.7 Å². The van der Waals surface area contributed by atoms with E-state index in [2.05, 4.69) is 29.1 Å². The molecule has 1 atom stereocenters. The van der Waals surface area contributed by atoms with E-state index in [-0.39, 0.29) is 5.91 Å². The fraction of sp³-hybridized carbons (Fsp3) is 0.526. The van der Waals surface area contributed by atoms with Crippen molar-refractivity contribution in [2.75, 3.05) is 13.1 Å². The number of amides is 1. The number of rotatable bonds is 5. The Labute approximate surface area is 143 Å². The zero-order valence-electron chi connectivity index (χ0n) is 14.6. The summed E-state index contributed by atoms with van der Waals surface area (Å²) in [5, 5.41) is 4.39. The molecule has 128 valence electrons. The SMILES string of the molecule is CCCn1nccc1-c1cc(CC2CCCN(C(C)=O)C2)ccn1. The van der Waals surface area contributed by atoms with Crippen molar-refractivity contribution in [2.45, 2.75) is 46.1 Å². The second kappa shape index (κ2) is 7.60. The summed E-state index contributed by atoms with van der Waals surface area (Å²) in [6.45, 7) is 6.51. The molecule has 0 N–H and O–H groups in total. The van der Waals surface area contributed by atoms with Crippen molar-refractivity contribution in [3.05, 3.63) is 36.2 Å². The number of hydrogen-bond donors (Lipinski definition) is 0. The Balaban J connectivity index is 1.73. The van der Waals surface area contributed by atoms with Gasteiger partial charge in [0.15, 0.2) is 0 Å². The molecule has 0 saturated carbocycles. The minimum Gasteiger partial charge on any atom is -0.343 e. The Kier molecular flexibility index (Phi) is 5.28. The van der Waals surface area contributed by atoms with Crippen molar-refractivity contribution in [2.24, 2.45) is 5.92 Å². The zero-order valence-corrected chi connectivity index (χ0v) is 14.6. The molecular weight excluding hydrogens is 300 g/mol. The van der Waals surface area contributed by atoms with Crippen molar-refractivity contribution < 1.29 is 4.79 Å². The number of piperidine rings is 1. The van der Waals surface area contributed by atoms with Crippen LogP contribution in [0.25, 0.3) is 11.4 Å². The lowest BCUT2D eigenvalue weighted by Crippen LogP contribution is -2.39. The van der Waals surface area contributed by atoms with E-state index in [1.54, 1.807) is 6.92 Å². The summed E-state index contributed by atoms with van der Waals surface area (Å²) in [6.07, 6.45) is 8.07. The van der Waals surface area contributed by atoms with Crippen molar-refractivity contribution in [3.63, 3.8) is 0 Å². The van der Waals surface area contributed by atoms with E-state index in [4.69, 9.17) is 0 Å². The molecule has 1 aliphatic rings. The summed E-state index contributed by atoms with van der Waals surface area (Å²) in [5.74, 6) is 0.733. The van der Waals surface area contributed by atoms with Gasteiger partial charge in [-0.1, -0.05) is 6.92 Å². The van der Waals surface area contributed by atoms with E-state index in [1.807, 2.05) is 28.0 Å². The van der Waals surface area contributed by atoms with E-state index >= 15 is 0 Å². The number of aromatic nitrogens is 3.